The van der Waals surface area contributed by atoms with Crippen LogP contribution in [0.3, 0.4) is 0 Å². The van der Waals surface area contributed by atoms with Crippen LogP contribution in [-0.2, 0) is 0 Å². The second-order valence-electron chi connectivity index (χ2n) is 12.5. The molecule has 0 rings (SSSR count). The van der Waals surface area contributed by atoms with Crippen molar-refractivity contribution in [2.45, 2.75) is 231 Å². The van der Waals surface area contributed by atoms with Crippen LogP contribution in [-0.4, -0.2) is 5.25 Å². The first kappa shape index (κ1) is 37.4. The molecular formula is C36H74S. The van der Waals surface area contributed by atoms with Crippen molar-refractivity contribution in [1.29, 1.82) is 0 Å². The van der Waals surface area contributed by atoms with Crippen molar-refractivity contribution in [2.75, 3.05) is 0 Å². The maximum absolute atomic E-state index is 4.88. The zero-order chi connectivity index (χ0) is 26.9. The zero-order valence-electron chi connectivity index (χ0n) is 26.4. The van der Waals surface area contributed by atoms with Gasteiger partial charge >= 0.3 is 0 Å². The van der Waals surface area contributed by atoms with E-state index in [1.807, 2.05) is 0 Å². The predicted molar refractivity (Wildman–Crippen MR) is 176 cm³/mol. The van der Waals surface area contributed by atoms with Crippen LogP contribution in [0.4, 0.5) is 0 Å². The molecule has 0 aliphatic carbocycles. The van der Waals surface area contributed by atoms with Crippen molar-refractivity contribution in [3.8, 4) is 0 Å². The lowest BCUT2D eigenvalue weighted by Gasteiger charge is -2.10. The highest BCUT2D eigenvalue weighted by Crippen LogP contribution is 2.19. The molecule has 0 bridgehead atoms. The third kappa shape index (κ3) is 34.3. The fourth-order valence-corrected chi connectivity index (χ4v) is 6.19. The van der Waals surface area contributed by atoms with E-state index in [1.165, 1.54) is 212 Å². The van der Waals surface area contributed by atoms with Gasteiger partial charge in [-0.3, -0.25) is 0 Å². The molecule has 1 heteroatoms. The van der Waals surface area contributed by atoms with Crippen LogP contribution in [0.2, 0.25) is 0 Å². The molecule has 0 nitrogen and oxygen atoms in total. The average molecular weight is 539 g/mol. The number of hydrogen-bond donors (Lipinski definition) is 1. The normalized spacial score (nSPS) is 12.4. The molecule has 1 atom stereocenters. The third-order valence-electron chi connectivity index (χ3n) is 8.53. The SMILES string of the molecule is CCCCCCCCCCCCCCCCCCC(S)CCCCCCCCCCCCCCCCC. The molecule has 0 aromatic heterocycles. The smallest absolute Gasteiger partial charge is 0.00168 e. The van der Waals surface area contributed by atoms with Gasteiger partial charge < -0.3 is 0 Å². The van der Waals surface area contributed by atoms with Crippen LogP contribution in [0.15, 0.2) is 0 Å². The van der Waals surface area contributed by atoms with E-state index in [0.717, 1.165) is 0 Å². The van der Waals surface area contributed by atoms with E-state index in [9.17, 15) is 0 Å². The Morgan fingerprint density at radius 2 is 0.432 bits per heavy atom. The van der Waals surface area contributed by atoms with Gasteiger partial charge in [-0.1, -0.05) is 213 Å². The molecule has 0 aliphatic heterocycles. The lowest BCUT2D eigenvalue weighted by Crippen LogP contribution is -1.98. The summed E-state index contributed by atoms with van der Waals surface area (Å²) in [6.45, 7) is 4.61. The molecule has 0 heterocycles. The molecule has 0 aromatic rings. The summed E-state index contributed by atoms with van der Waals surface area (Å²) in [5, 5.41) is 0.661. The van der Waals surface area contributed by atoms with Crippen LogP contribution in [0, 0.1) is 0 Å². The maximum atomic E-state index is 4.88. The molecule has 37 heavy (non-hydrogen) atoms. The summed E-state index contributed by atoms with van der Waals surface area (Å²) in [6.07, 6.45) is 47.9. The van der Waals surface area contributed by atoms with E-state index < -0.39 is 0 Å². The van der Waals surface area contributed by atoms with Crippen molar-refractivity contribution in [2.24, 2.45) is 0 Å². The second kappa shape index (κ2) is 34.4. The van der Waals surface area contributed by atoms with E-state index in [2.05, 4.69) is 13.8 Å². The Balaban J connectivity index is 3.13. The van der Waals surface area contributed by atoms with Gasteiger partial charge in [-0.25, -0.2) is 0 Å². The summed E-state index contributed by atoms with van der Waals surface area (Å²) in [5.41, 5.74) is 0. The highest BCUT2D eigenvalue weighted by atomic mass is 32.1. The number of rotatable bonds is 33. The highest BCUT2D eigenvalue weighted by molar-refractivity contribution is 7.80. The molecule has 0 saturated carbocycles. The molecule has 1 unspecified atom stereocenters. The number of thiol groups is 1. The second-order valence-corrected chi connectivity index (χ2v) is 13.2. The van der Waals surface area contributed by atoms with E-state index in [1.54, 1.807) is 0 Å². The van der Waals surface area contributed by atoms with E-state index in [-0.39, 0.29) is 0 Å². The largest absolute Gasteiger partial charge is 0.176 e. The van der Waals surface area contributed by atoms with Crippen LogP contribution in [0.25, 0.3) is 0 Å². The number of unbranched alkanes of at least 4 members (excludes halogenated alkanes) is 29. The van der Waals surface area contributed by atoms with E-state index in [0.29, 0.717) is 5.25 Å². The number of hydrogen-bond acceptors (Lipinski definition) is 1. The zero-order valence-corrected chi connectivity index (χ0v) is 27.3. The van der Waals surface area contributed by atoms with Crippen molar-refractivity contribution < 1.29 is 0 Å². The monoisotopic (exact) mass is 539 g/mol. The van der Waals surface area contributed by atoms with Crippen LogP contribution >= 0.6 is 12.6 Å². The van der Waals surface area contributed by atoms with Crippen molar-refractivity contribution >= 4 is 12.6 Å². The van der Waals surface area contributed by atoms with Crippen LogP contribution < -0.4 is 0 Å². The topological polar surface area (TPSA) is 0 Å². The lowest BCUT2D eigenvalue weighted by atomic mass is 10.0. The van der Waals surface area contributed by atoms with Gasteiger partial charge in [-0.05, 0) is 12.8 Å². The van der Waals surface area contributed by atoms with Gasteiger partial charge in [0, 0.05) is 5.25 Å². The van der Waals surface area contributed by atoms with E-state index in [4.69, 9.17) is 12.6 Å². The molecule has 0 spiro atoms. The van der Waals surface area contributed by atoms with Gasteiger partial charge in [0.2, 0.25) is 0 Å². The minimum Gasteiger partial charge on any atom is -0.176 e. The summed E-state index contributed by atoms with van der Waals surface area (Å²) in [6, 6.07) is 0. The van der Waals surface area contributed by atoms with Crippen LogP contribution in [0.1, 0.15) is 226 Å². The molecular weight excluding hydrogens is 464 g/mol. The quantitative estimate of drug-likeness (QED) is 0.0623. The highest BCUT2D eigenvalue weighted by Gasteiger charge is 2.03. The Morgan fingerprint density at radius 3 is 0.622 bits per heavy atom. The Bertz CT molecular complexity index is 379. The third-order valence-corrected chi connectivity index (χ3v) is 9.05. The maximum Gasteiger partial charge on any atom is 0.00168 e. The average Bonchev–Trinajstić information content (AvgIpc) is 2.90. The molecule has 0 radical (unpaired) electrons. The molecule has 0 fully saturated rings. The van der Waals surface area contributed by atoms with Crippen molar-refractivity contribution in [1.82, 2.24) is 0 Å². The Labute approximate surface area is 243 Å². The molecule has 224 valence electrons. The van der Waals surface area contributed by atoms with Gasteiger partial charge in [0.25, 0.3) is 0 Å². The Hall–Kier alpha value is 0.350. The molecule has 0 amide bonds. The first-order chi connectivity index (χ1) is 18.3. The Kier molecular flexibility index (Phi) is 34.7. The summed E-state index contributed by atoms with van der Waals surface area (Å²) < 4.78 is 0. The fourth-order valence-electron chi connectivity index (χ4n) is 5.82. The first-order valence-electron chi connectivity index (χ1n) is 18.0. The summed E-state index contributed by atoms with van der Waals surface area (Å²) in [5.74, 6) is 0. The van der Waals surface area contributed by atoms with Gasteiger partial charge in [0.1, 0.15) is 0 Å². The fraction of sp³-hybridized carbons (Fsp3) is 1.00. The van der Waals surface area contributed by atoms with Crippen molar-refractivity contribution in [3.63, 3.8) is 0 Å². The molecule has 0 aliphatic rings. The van der Waals surface area contributed by atoms with Gasteiger partial charge in [-0.2, -0.15) is 12.6 Å². The molecule has 0 aromatic carbocycles. The summed E-state index contributed by atoms with van der Waals surface area (Å²) in [4.78, 5) is 0. The summed E-state index contributed by atoms with van der Waals surface area (Å²) >= 11 is 4.88. The molecule has 0 saturated heterocycles. The lowest BCUT2D eigenvalue weighted by molar-refractivity contribution is 0.515. The standard InChI is InChI=1S/C36H74S/c1-3-5-7-9-11-13-15-17-19-21-23-25-27-29-31-33-35-36(37)34-32-30-28-26-24-22-20-18-16-14-12-10-8-6-4-2/h36-37H,3-35H2,1-2H3. The molecule has 0 N–H and O–H groups in total. The minimum atomic E-state index is 0.661. The van der Waals surface area contributed by atoms with Crippen LogP contribution in [0.5, 0.6) is 0 Å². The Morgan fingerprint density at radius 1 is 0.270 bits per heavy atom. The van der Waals surface area contributed by atoms with Gasteiger partial charge in [0.05, 0.1) is 0 Å². The summed E-state index contributed by atoms with van der Waals surface area (Å²) in [7, 11) is 0. The van der Waals surface area contributed by atoms with Gasteiger partial charge in [-0.15, -0.1) is 0 Å². The first-order valence-corrected chi connectivity index (χ1v) is 18.5. The predicted octanol–water partition coefficient (Wildman–Crippen LogP) is 14.2. The van der Waals surface area contributed by atoms with E-state index >= 15 is 0 Å². The minimum absolute atomic E-state index is 0.661. The van der Waals surface area contributed by atoms with Gasteiger partial charge in [0.15, 0.2) is 0 Å². The van der Waals surface area contributed by atoms with Crippen molar-refractivity contribution in [3.05, 3.63) is 0 Å².